The van der Waals surface area contributed by atoms with Gasteiger partial charge in [0.15, 0.2) is 0 Å². The topological polar surface area (TPSA) is 26.0 Å². The van der Waals surface area contributed by atoms with Crippen LogP contribution >= 0.6 is 15.9 Å². The molecular weight excluding hydrogens is 286 g/mol. The second kappa shape index (κ2) is 6.17. The van der Waals surface area contributed by atoms with Crippen LogP contribution in [0.15, 0.2) is 53.0 Å². The average molecular weight is 304 g/mol. The summed E-state index contributed by atoms with van der Waals surface area (Å²) in [5, 5.41) is 0. The smallest absolute Gasteiger partial charge is 0.0175 e. The molecule has 2 heteroatoms. The molecule has 0 aliphatic heterocycles. The molecule has 0 aromatic heterocycles. The summed E-state index contributed by atoms with van der Waals surface area (Å²) in [6, 6.07) is 17.1. The molecule has 0 saturated carbocycles. The van der Waals surface area contributed by atoms with Crippen LogP contribution in [0.1, 0.15) is 22.6 Å². The van der Waals surface area contributed by atoms with E-state index in [0.29, 0.717) is 12.5 Å². The minimum Gasteiger partial charge on any atom is -0.330 e. The van der Waals surface area contributed by atoms with Gasteiger partial charge in [-0.1, -0.05) is 57.9 Å². The van der Waals surface area contributed by atoms with Crippen molar-refractivity contribution in [2.24, 2.45) is 5.73 Å². The summed E-state index contributed by atoms with van der Waals surface area (Å²) in [5.41, 5.74) is 9.88. The molecule has 2 rings (SSSR count). The van der Waals surface area contributed by atoms with Crippen molar-refractivity contribution in [3.8, 4) is 0 Å². The van der Waals surface area contributed by atoms with Crippen molar-refractivity contribution in [3.63, 3.8) is 0 Å². The number of rotatable bonds is 4. The number of hydrogen-bond donors (Lipinski definition) is 1. The molecule has 0 spiro atoms. The van der Waals surface area contributed by atoms with E-state index < -0.39 is 0 Å². The molecule has 2 aromatic rings. The second-order valence-electron chi connectivity index (χ2n) is 4.68. The maximum Gasteiger partial charge on any atom is 0.0175 e. The normalized spacial score (nSPS) is 12.4. The van der Waals surface area contributed by atoms with Crippen LogP contribution in [0, 0.1) is 6.92 Å². The first-order valence-corrected chi connectivity index (χ1v) is 6.99. The number of aryl methyl sites for hydroxylation is 1. The molecular formula is C16H18BrN. The molecule has 0 bridgehead atoms. The minimum atomic E-state index is 0.389. The van der Waals surface area contributed by atoms with Crippen molar-refractivity contribution in [1.29, 1.82) is 0 Å². The Kier molecular flexibility index (Phi) is 4.56. The third-order valence-corrected chi connectivity index (χ3v) is 3.72. The molecule has 18 heavy (non-hydrogen) atoms. The number of halogens is 1. The molecule has 0 aliphatic rings. The summed E-state index contributed by atoms with van der Waals surface area (Å²) in [6.07, 6.45) is 1.000. The first-order chi connectivity index (χ1) is 8.69. The Labute approximate surface area is 117 Å². The fourth-order valence-corrected chi connectivity index (χ4v) is 2.46. The highest BCUT2D eigenvalue weighted by molar-refractivity contribution is 9.10. The third kappa shape index (κ3) is 3.44. The molecule has 94 valence electrons. The highest BCUT2D eigenvalue weighted by Gasteiger charge is 2.10. The molecule has 2 aromatic carbocycles. The molecule has 0 fully saturated rings. The summed E-state index contributed by atoms with van der Waals surface area (Å²) in [7, 11) is 0. The molecule has 0 amide bonds. The van der Waals surface area contributed by atoms with Crippen LogP contribution in [0.5, 0.6) is 0 Å². The standard InChI is InChI=1S/C16H18BrN/c1-12-3-2-4-13(9-12)10-15(11-18)14-5-7-16(17)8-6-14/h2-9,15H,10-11,18H2,1H3. The van der Waals surface area contributed by atoms with Crippen LogP contribution in [0.4, 0.5) is 0 Å². The zero-order valence-corrected chi connectivity index (χ0v) is 12.2. The lowest BCUT2D eigenvalue weighted by molar-refractivity contribution is 0.694. The molecule has 2 N–H and O–H groups in total. The largest absolute Gasteiger partial charge is 0.330 e. The van der Waals surface area contributed by atoms with Crippen LogP contribution in [-0.2, 0) is 6.42 Å². The summed E-state index contributed by atoms with van der Waals surface area (Å²) in [4.78, 5) is 0. The predicted octanol–water partition coefficient (Wildman–Crippen LogP) is 4.04. The molecule has 1 unspecified atom stereocenters. The predicted molar refractivity (Wildman–Crippen MR) is 80.8 cm³/mol. The van der Waals surface area contributed by atoms with E-state index in [0.717, 1.165) is 10.9 Å². The van der Waals surface area contributed by atoms with Gasteiger partial charge in [-0.25, -0.2) is 0 Å². The first kappa shape index (κ1) is 13.3. The van der Waals surface area contributed by atoms with Gasteiger partial charge in [0, 0.05) is 10.4 Å². The third-order valence-electron chi connectivity index (χ3n) is 3.19. The molecule has 0 heterocycles. The highest BCUT2D eigenvalue weighted by atomic mass is 79.9. The van der Waals surface area contributed by atoms with E-state index in [1.165, 1.54) is 16.7 Å². The van der Waals surface area contributed by atoms with Crippen LogP contribution in [0.3, 0.4) is 0 Å². The van der Waals surface area contributed by atoms with Crippen molar-refractivity contribution in [2.75, 3.05) is 6.54 Å². The van der Waals surface area contributed by atoms with Gasteiger partial charge in [0.2, 0.25) is 0 Å². The van der Waals surface area contributed by atoms with Crippen LogP contribution < -0.4 is 5.73 Å². The fraction of sp³-hybridized carbons (Fsp3) is 0.250. The Bertz CT molecular complexity index is 505. The van der Waals surface area contributed by atoms with E-state index in [9.17, 15) is 0 Å². The van der Waals surface area contributed by atoms with Gasteiger partial charge < -0.3 is 5.73 Å². The average Bonchev–Trinajstić information content (AvgIpc) is 2.37. The first-order valence-electron chi connectivity index (χ1n) is 6.20. The quantitative estimate of drug-likeness (QED) is 0.906. The van der Waals surface area contributed by atoms with Crippen LogP contribution in [-0.4, -0.2) is 6.54 Å². The highest BCUT2D eigenvalue weighted by Crippen LogP contribution is 2.22. The van der Waals surface area contributed by atoms with Gasteiger partial charge in [-0.3, -0.25) is 0 Å². The van der Waals surface area contributed by atoms with Gasteiger partial charge in [-0.15, -0.1) is 0 Å². The second-order valence-corrected chi connectivity index (χ2v) is 5.59. The van der Waals surface area contributed by atoms with Crippen molar-refractivity contribution in [2.45, 2.75) is 19.3 Å². The van der Waals surface area contributed by atoms with Gasteiger partial charge in [0.05, 0.1) is 0 Å². The lowest BCUT2D eigenvalue weighted by Gasteiger charge is -2.15. The molecule has 0 saturated heterocycles. The molecule has 0 aliphatic carbocycles. The van der Waals surface area contributed by atoms with Crippen molar-refractivity contribution >= 4 is 15.9 Å². The molecule has 1 atom stereocenters. The van der Waals surface area contributed by atoms with E-state index in [1.54, 1.807) is 0 Å². The van der Waals surface area contributed by atoms with Crippen LogP contribution in [0.2, 0.25) is 0 Å². The van der Waals surface area contributed by atoms with Crippen molar-refractivity contribution in [1.82, 2.24) is 0 Å². The maximum atomic E-state index is 5.92. The van der Waals surface area contributed by atoms with Crippen LogP contribution in [0.25, 0.3) is 0 Å². The van der Waals surface area contributed by atoms with Gasteiger partial charge in [-0.2, -0.15) is 0 Å². The van der Waals surface area contributed by atoms with Crippen molar-refractivity contribution < 1.29 is 0 Å². The van der Waals surface area contributed by atoms with Gasteiger partial charge in [0.25, 0.3) is 0 Å². The summed E-state index contributed by atoms with van der Waals surface area (Å²) in [6.45, 7) is 2.80. The van der Waals surface area contributed by atoms with E-state index in [1.807, 2.05) is 0 Å². The lowest BCUT2D eigenvalue weighted by Crippen LogP contribution is -2.15. The Balaban J connectivity index is 2.17. The van der Waals surface area contributed by atoms with E-state index in [4.69, 9.17) is 5.73 Å². The number of nitrogens with two attached hydrogens (primary N) is 1. The number of benzene rings is 2. The van der Waals surface area contributed by atoms with Gasteiger partial charge in [-0.05, 0) is 43.1 Å². The minimum absolute atomic E-state index is 0.389. The van der Waals surface area contributed by atoms with Crippen molar-refractivity contribution in [3.05, 3.63) is 69.7 Å². The number of hydrogen-bond acceptors (Lipinski definition) is 1. The van der Waals surface area contributed by atoms with E-state index in [2.05, 4.69) is 71.4 Å². The lowest BCUT2D eigenvalue weighted by atomic mass is 9.91. The monoisotopic (exact) mass is 303 g/mol. The van der Waals surface area contributed by atoms with Gasteiger partial charge in [0.1, 0.15) is 0 Å². The zero-order valence-electron chi connectivity index (χ0n) is 10.6. The molecule has 1 nitrogen and oxygen atoms in total. The summed E-state index contributed by atoms with van der Waals surface area (Å²) < 4.78 is 1.11. The fourth-order valence-electron chi connectivity index (χ4n) is 2.20. The maximum absolute atomic E-state index is 5.92. The Morgan fingerprint density at radius 1 is 1.11 bits per heavy atom. The Hall–Kier alpha value is -1.12. The summed E-state index contributed by atoms with van der Waals surface area (Å²) >= 11 is 3.46. The molecule has 0 radical (unpaired) electrons. The Morgan fingerprint density at radius 2 is 1.83 bits per heavy atom. The SMILES string of the molecule is Cc1cccc(CC(CN)c2ccc(Br)cc2)c1. The Morgan fingerprint density at radius 3 is 2.44 bits per heavy atom. The summed E-state index contributed by atoms with van der Waals surface area (Å²) in [5.74, 6) is 0.389. The van der Waals surface area contributed by atoms with Gasteiger partial charge >= 0.3 is 0 Å². The zero-order chi connectivity index (χ0) is 13.0. The van der Waals surface area contributed by atoms with E-state index >= 15 is 0 Å². The van der Waals surface area contributed by atoms with E-state index in [-0.39, 0.29) is 0 Å².